The fourth-order valence-corrected chi connectivity index (χ4v) is 5.73. The average Bonchev–Trinajstić information content (AvgIpc) is 3.26. The Hall–Kier alpha value is -2.38. The number of nitrogens with zero attached hydrogens (tertiary/aromatic N) is 2. The molecule has 1 saturated heterocycles. The Bertz CT molecular complexity index is 1000. The molecule has 1 amide bonds. The number of nitrogens with one attached hydrogen (secondary N) is 1. The predicted octanol–water partition coefficient (Wildman–Crippen LogP) is 3.25. The topological polar surface area (TPSA) is 69.7 Å². The Morgan fingerprint density at radius 1 is 1.10 bits per heavy atom. The first-order valence-electron chi connectivity index (χ1n) is 10.2. The summed E-state index contributed by atoms with van der Waals surface area (Å²) in [4.78, 5) is 15.1. The van der Waals surface area contributed by atoms with Crippen LogP contribution in [0.25, 0.3) is 0 Å². The molecule has 0 unspecified atom stereocenters. The third-order valence-electron chi connectivity index (χ3n) is 5.80. The molecule has 29 heavy (non-hydrogen) atoms. The van der Waals surface area contributed by atoms with Gasteiger partial charge in [-0.3, -0.25) is 4.79 Å². The standard InChI is InChI=1S/C22H27N3O3S/c1-17-11-12-18-7-2-3-10-21(18)25(17)16-22(26)23-19-8-6-9-20(15-19)29(27,28)24-13-4-5-14-24/h2-3,6-10,15,17H,4-5,11-14,16H2,1H3,(H,23,26)/t17-/m0/s1. The monoisotopic (exact) mass is 413 g/mol. The minimum atomic E-state index is -3.50. The van der Waals surface area contributed by atoms with Crippen LogP contribution in [-0.2, 0) is 21.2 Å². The number of amides is 1. The maximum atomic E-state index is 12.8. The van der Waals surface area contributed by atoms with Crippen LogP contribution < -0.4 is 10.2 Å². The van der Waals surface area contributed by atoms with Crippen molar-refractivity contribution in [1.29, 1.82) is 0 Å². The SMILES string of the molecule is C[C@H]1CCc2ccccc2N1CC(=O)Nc1cccc(S(=O)(=O)N2CCCC2)c1. The number of para-hydroxylation sites is 1. The van der Waals surface area contributed by atoms with Gasteiger partial charge >= 0.3 is 0 Å². The second-order valence-corrected chi connectivity index (χ2v) is 9.77. The molecule has 6 nitrogen and oxygen atoms in total. The molecule has 154 valence electrons. The van der Waals surface area contributed by atoms with Crippen LogP contribution in [0.1, 0.15) is 31.7 Å². The van der Waals surface area contributed by atoms with Crippen LogP contribution in [0.3, 0.4) is 0 Å². The molecule has 0 aromatic heterocycles. The number of rotatable bonds is 5. The third-order valence-corrected chi connectivity index (χ3v) is 7.69. The summed E-state index contributed by atoms with van der Waals surface area (Å²) in [6.45, 7) is 3.49. The highest BCUT2D eigenvalue weighted by atomic mass is 32.2. The summed E-state index contributed by atoms with van der Waals surface area (Å²) in [7, 11) is -3.50. The van der Waals surface area contributed by atoms with Crippen molar-refractivity contribution in [3.63, 3.8) is 0 Å². The summed E-state index contributed by atoms with van der Waals surface area (Å²) in [5, 5.41) is 2.88. The van der Waals surface area contributed by atoms with Gasteiger partial charge in [0.05, 0.1) is 11.4 Å². The highest BCUT2D eigenvalue weighted by molar-refractivity contribution is 7.89. The predicted molar refractivity (Wildman–Crippen MR) is 115 cm³/mol. The number of hydrogen-bond donors (Lipinski definition) is 1. The van der Waals surface area contributed by atoms with Gasteiger partial charge in [-0.05, 0) is 62.4 Å². The fourth-order valence-electron chi connectivity index (χ4n) is 4.17. The van der Waals surface area contributed by atoms with E-state index in [1.807, 2.05) is 12.1 Å². The van der Waals surface area contributed by atoms with Gasteiger partial charge < -0.3 is 10.2 Å². The van der Waals surface area contributed by atoms with Gasteiger partial charge in [0.15, 0.2) is 0 Å². The molecule has 1 N–H and O–H groups in total. The van der Waals surface area contributed by atoms with Crippen LogP contribution in [0.15, 0.2) is 53.4 Å². The van der Waals surface area contributed by atoms with E-state index in [1.54, 1.807) is 24.3 Å². The zero-order valence-electron chi connectivity index (χ0n) is 16.7. The summed E-state index contributed by atoms with van der Waals surface area (Å²) in [5.41, 5.74) is 2.87. The van der Waals surface area contributed by atoms with Crippen molar-refractivity contribution in [2.45, 2.75) is 43.5 Å². The maximum Gasteiger partial charge on any atom is 0.243 e. The van der Waals surface area contributed by atoms with Gasteiger partial charge in [0.1, 0.15) is 0 Å². The molecule has 2 aromatic carbocycles. The quantitative estimate of drug-likeness (QED) is 0.817. The smallest absolute Gasteiger partial charge is 0.243 e. The van der Waals surface area contributed by atoms with Gasteiger partial charge in [-0.1, -0.05) is 24.3 Å². The van der Waals surface area contributed by atoms with E-state index in [0.29, 0.717) is 18.8 Å². The lowest BCUT2D eigenvalue weighted by Crippen LogP contribution is -2.42. The van der Waals surface area contributed by atoms with Gasteiger partial charge in [-0.2, -0.15) is 4.31 Å². The Labute approximate surface area is 172 Å². The van der Waals surface area contributed by atoms with E-state index in [1.165, 1.54) is 9.87 Å². The van der Waals surface area contributed by atoms with E-state index in [0.717, 1.165) is 31.4 Å². The molecular formula is C22H27N3O3S. The first-order valence-corrected chi connectivity index (χ1v) is 11.6. The molecule has 2 aromatic rings. The summed E-state index contributed by atoms with van der Waals surface area (Å²) < 4.78 is 27.1. The Kier molecular flexibility index (Phi) is 5.61. The van der Waals surface area contributed by atoms with Crippen molar-refractivity contribution < 1.29 is 13.2 Å². The highest BCUT2D eigenvalue weighted by Gasteiger charge is 2.28. The average molecular weight is 414 g/mol. The van der Waals surface area contributed by atoms with Crippen molar-refractivity contribution in [3.05, 3.63) is 54.1 Å². The lowest BCUT2D eigenvalue weighted by atomic mass is 9.96. The van der Waals surface area contributed by atoms with Gasteiger partial charge in [0.2, 0.25) is 15.9 Å². The molecule has 1 atom stereocenters. The van der Waals surface area contributed by atoms with E-state index in [4.69, 9.17) is 0 Å². The van der Waals surface area contributed by atoms with E-state index in [9.17, 15) is 13.2 Å². The lowest BCUT2D eigenvalue weighted by Gasteiger charge is -2.36. The molecule has 0 saturated carbocycles. The van der Waals surface area contributed by atoms with Crippen LogP contribution in [0.2, 0.25) is 0 Å². The van der Waals surface area contributed by atoms with Crippen molar-refractivity contribution in [3.8, 4) is 0 Å². The Morgan fingerprint density at radius 3 is 2.66 bits per heavy atom. The maximum absolute atomic E-state index is 12.8. The van der Waals surface area contributed by atoms with Crippen LogP contribution in [-0.4, -0.2) is 44.3 Å². The van der Waals surface area contributed by atoms with E-state index in [-0.39, 0.29) is 23.4 Å². The molecule has 0 spiro atoms. The second-order valence-electron chi connectivity index (χ2n) is 7.83. The number of carbonyl (C=O) groups is 1. The summed E-state index contributed by atoms with van der Waals surface area (Å²) in [6, 6.07) is 15.0. The van der Waals surface area contributed by atoms with Crippen LogP contribution in [0, 0.1) is 0 Å². The third kappa shape index (κ3) is 4.16. The van der Waals surface area contributed by atoms with Crippen molar-refractivity contribution in [2.75, 3.05) is 29.9 Å². The second kappa shape index (κ2) is 8.16. The van der Waals surface area contributed by atoms with Crippen LogP contribution >= 0.6 is 0 Å². The zero-order valence-corrected chi connectivity index (χ0v) is 17.5. The first kappa shape index (κ1) is 19.9. The fraction of sp³-hybridized carbons (Fsp3) is 0.409. The van der Waals surface area contributed by atoms with Crippen LogP contribution in [0.4, 0.5) is 11.4 Å². The molecule has 0 bridgehead atoms. The number of anilines is 2. The van der Waals surface area contributed by atoms with E-state index in [2.05, 4.69) is 29.3 Å². The van der Waals surface area contributed by atoms with Gasteiger partial charge in [-0.15, -0.1) is 0 Å². The van der Waals surface area contributed by atoms with Crippen molar-refractivity contribution >= 4 is 27.3 Å². The first-order chi connectivity index (χ1) is 13.9. The number of fused-ring (bicyclic) bond motifs is 1. The summed E-state index contributed by atoms with van der Waals surface area (Å²) in [5.74, 6) is -0.149. The minimum absolute atomic E-state index is 0.149. The molecule has 4 rings (SSSR count). The van der Waals surface area contributed by atoms with Gasteiger partial charge in [0.25, 0.3) is 0 Å². The highest BCUT2D eigenvalue weighted by Crippen LogP contribution is 2.30. The van der Waals surface area contributed by atoms with Crippen molar-refractivity contribution in [1.82, 2.24) is 4.31 Å². The number of benzene rings is 2. The number of hydrogen-bond acceptors (Lipinski definition) is 4. The van der Waals surface area contributed by atoms with Crippen molar-refractivity contribution in [2.24, 2.45) is 0 Å². The number of sulfonamides is 1. The van der Waals surface area contributed by atoms with Crippen LogP contribution in [0.5, 0.6) is 0 Å². The Morgan fingerprint density at radius 2 is 1.86 bits per heavy atom. The molecule has 2 aliphatic rings. The zero-order chi connectivity index (χ0) is 20.4. The number of aryl methyl sites for hydroxylation is 1. The van der Waals surface area contributed by atoms with E-state index >= 15 is 0 Å². The molecule has 2 heterocycles. The summed E-state index contributed by atoms with van der Waals surface area (Å²) >= 11 is 0. The molecule has 1 fully saturated rings. The molecular weight excluding hydrogens is 386 g/mol. The molecule has 0 aliphatic carbocycles. The normalized spacial score (nSPS) is 19.8. The van der Waals surface area contributed by atoms with E-state index < -0.39 is 10.0 Å². The molecule has 2 aliphatic heterocycles. The number of carbonyl (C=O) groups excluding carboxylic acids is 1. The van der Waals surface area contributed by atoms with Gasteiger partial charge in [0, 0.05) is 30.5 Å². The van der Waals surface area contributed by atoms with Gasteiger partial charge in [-0.25, -0.2) is 8.42 Å². The largest absolute Gasteiger partial charge is 0.359 e. The molecule has 0 radical (unpaired) electrons. The lowest BCUT2D eigenvalue weighted by molar-refractivity contribution is -0.115. The minimum Gasteiger partial charge on any atom is -0.359 e. The Balaban J connectivity index is 1.48. The molecule has 7 heteroatoms. The summed E-state index contributed by atoms with van der Waals surface area (Å²) in [6.07, 6.45) is 3.82.